The molecule has 1 aromatic rings. The van der Waals surface area contributed by atoms with Crippen molar-refractivity contribution in [1.82, 2.24) is 14.8 Å². The summed E-state index contributed by atoms with van der Waals surface area (Å²) in [7, 11) is 0. The first-order valence-electron chi connectivity index (χ1n) is 4.25. The van der Waals surface area contributed by atoms with E-state index in [9.17, 15) is 13.2 Å². The van der Waals surface area contributed by atoms with Crippen molar-refractivity contribution in [3.05, 3.63) is 5.82 Å². The lowest BCUT2D eigenvalue weighted by molar-refractivity contribution is -0.149. The minimum absolute atomic E-state index is 0.273. The van der Waals surface area contributed by atoms with Crippen LogP contribution in [-0.4, -0.2) is 21.0 Å². The highest BCUT2D eigenvalue weighted by Gasteiger charge is 2.41. The highest BCUT2D eigenvalue weighted by atomic mass is 32.2. The third kappa shape index (κ3) is 2.45. The van der Waals surface area contributed by atoms with Crippen LogP contribution in [0.3, 0.4) is 0 Å². The fourth-order valence-electron chi connectivity index (χ4n) is 1.19. The Morgan fingerprint density at radius 3 is 2.00 bits per heavy atom. The second-order valence-corrected chi connectivity index (χ2v) is 4.79. The molecular weight excluding hydrogens is 227 g/mol. The molecule has 0 spiro atoms. The summed E-state index contributed by atoms with van der Waals surface area (Å²) in [5.74, 6) is -0.945. The molecule has 0 fully saturated rings. The van der Waals surface area contributed by atoms with Gasteiger partial charge in [-0.2, -0.15) is 13.2 Å². The van der Waals surface area contributed by atoms with E-state index >= 15 is 0 Å². The van der Waals surface area contributed by atoms with Crippen molar-refractivity contribution in [2.24, 2.45) is 0 Å². The smallest absolute Gasteiger partial charge is 0.293 e. The first-order chi connectivity index (χ1) is 6.68. The summed E-state index contributed by atoms with van der Waals surface area (Å²) >= 11 is 1.15. The van der Waals surface area contributed by atoms with Crippen LogP contribution >= 0.6 is 11.8 Å². The van der Waals surface area contributed by atoms with Crippen molar-refractivity contribution < 1.29 is 13.2 Å². The highest BCUT2D eigenvalue weighted by molar-refractivity contribution is 7.98. The number of alkyl halides is 3. The van der Waals surface area contributed by atoms with Crippen LogP contribution in [0.15, 0.2) is 5.16 Å². The van der Waals surface area contributed by atoms with E-state index in [1.54, 1.807) is 27.0 Å². The molecule has 0 saturated carbocycles. The van der Waals surface area contributed by atoms with Crippen molar-refractivity contribution in [1.29, 1.82) is 0 Å². The zero-order chi connectivity index (χ0) is 11.9. The standard InChI is InChI=1S/C8H12F3N3S/c1-7(2,3)14-5(8(9,10)11)12-13-6(14)15-4/h1-4H3. The van der Waals surface area contributed by atoms with Gasteiger partial charge in [-0.05, 0) is 27.0 Å². The zero-order valence-electron chi connectivity index (χ0n) is 8.88. The fourth-order valence-corrected chi connectivity index (χ4v) is 1.86. The van der Waals surface area contributed by atoms with Gasteiger partial charge in [-0.3, -0.25) is 4.57 Å². The Kier molecular flexibility index (Phi) is 3.04. The van der Waals surface area contributed by atoms with Crippen LogP contribution in [0.4, 0.5) is 13.2 Å². The van der Waals surface area contributed by atoms with E-state index < -0.39 is 17.5 Å². The van der Waals surface area contributed by atoms with Crippen LogP contribution in [0.5, 0.6) is 0 Å². The monoisotopic (exact) mass is 239 g/mol. The molecule has 0 saturated heterocycles. The molecule has 0 aliphatic rings. The van der Waals surface area contributed by atoms with E-state index in [1.165, 1.54) is 0 Å². The molecule has 0 aromatic carbocycles. The number of nitrogens with zero attached hydrogens (tertiary/aromatic N) is 3. The zero-order valence-corrected chi connectivity index (χ0v) is 9.70. The van der Waals surface area contributed by atoms with Gasteiger partial charge in [0.1, 0.15) is 0 Å². The molecule has 0 aliphatic carbocycles. The SMILES string of the molecule is CSc1nnc(C(F)(F)F)n1C(C)(C)C. The molecule has 1 rings (SSSR count). The molecule has 86 valence electrons. The van der Waals surface area contributed by atoms with E-state index in [2.05, 4.69) is 10.2 Å². The molecule has 3 nitrogen and oxygen atoms in total. The average molecular weight is 239 g/mol. The number of hydrogen-bond acceptors (Lipinski definition) is 3. The minimum atomic E-state index is -4.46. The van der Waals surface area contributed by atoms with Crippen LogP contribution in [0.1, 0.15) is 26.6 Å². The van der Waals surface area contributed by atoms with E-state index in [4.69, 9.17) is 0 Å². The molecule has 15 heavy (non-hydrogen) atoms. The molecule has 0 amide bonds. The molecule has 0 radical (unpaired) electrons. The van der Waals surface area contributed by atoms with Gasteiger partial charge in [0.05, 0.1) is 0 Å². The topological polar surface area (TPSA) is 30.7 Å². The Morgan fingerprint density at radius 2 is 1.67 bits per heavy atom. The number of hydrogen-bond donors (Lipinski definition) is 0. The lowest BCUT2D eigenvalue weighted by atomic mass is 10.1. The summed E-state index contributed by atoms with van der Waals surface area (Å²) < 4.78 is 38.9. The Hall–Kier alpha value is -0.720. The maximum atomic E-state index is 12.6. The van der Waals surface area contributed by atoms with Crippen LogP contribution in [0.25, 0.3) is 0 Å². The molecule has 0 N–H and O–H groups in total. The summed E-state index contributed by atoms with van der Waals surface area (Å²) in [6.45, 7) is 5.06. The largest absolute Gasteiger partial charge is 0.451 e. The summed E-state index contributed by atoms with van der Waals surface area (Å²) in [5, 5.41) is 6.99. The third-order valence-corrected chi connectivity index (χ3v) is 2.37. The van der Waals surface area contributed by atoms with Crippen LogP contribution in [-0.2, 0) is 11.7 Å². The number of thioether (sulfide) groups is 1. The van der Waals surface area contributed by atoms with E-state index in [1.807, 2.05) is 0 Å². The first kappa shape index (κ1) is 12.4. The normalized spacial score (nSPS) is 13.3. The summed E-state index contributed by atoms with van der Waals surface area (Å²) in [5.41, 5.74) is -0.688. The number of aromatic nitrogens is 3. The molecule has 0 bridgehead atoms. The third-order valence-electron chi connectivity index (χ3n) is 1.74. The van der Waals surface area contributed by atoms with Gasteiger partial charge in [0.2, 0.25) is 5.82 Å². The molecule has 1 heterocycles. The summed E-state index contributed by atoms with van der Waals surface area (Å²) in [6, 6.07) is 0. The van der Waals surface area contributed by atoms with Crippen LogP contribution < -0.4 is 0 Å². The maximum absolute atomic E-state index is 12.6. The summed E-state index contributed by atoms with van der Waals surface area (Å²) in [6.07, 6.45) is -2.79. The van der Waals surface area contributed by atoms with Gasteiger partial charge in [0.15, 0.2) is 5.16 Å². The van der Waals surface area contributed by atoms with Crippen LogP contribution in [0, 0.1) is 0 Å². The Balaban J connectivity index is 3.37. The molecule has 7 heteroatoms. The Bertz CT molecular complexity index is 351. The fraction of sp³-hybridized carbons (Fsp3) is 0.750. The maximum Gasteiger partial charge on any atom is 0.451 e. The van der Waals surface area contributed by atoms with Crippen molar-refractivity contribution in [2.45, 2.75) is 37.6 Å². The summed E-state index contributed by atoms with van der Waals surface area (Å²) in [4.78, 5) is 0. The lowest BCUT2D eigenvalue weighted by Gasteiger charge is -2.24. The average Bonchev–Trinajstić information content (AvgIpc) is 2.44. The molecule has 0 atom stereocenters. The van der Waals surface area contributed by atoms with Gasteiger partial charge in [0.25, 0.3) is 0 Å². The second-order valence-electron chi connectivity index (χ2n) is 4.01. The van der Waals surface area contributed by atoms with Crippen molar-refractivity contribution in [2.75, 3.05) is 6.26 Å². The van der Waals surface area contributed by atoms with Crippen molar-refractivity contribution in [3.63, 3.8) is 0 Å². The van der Waals surface area contributed by atoms with Gasteiger partial charge in [0, 0.05) is 5.54 Å². The molecule has 1 aromatic heterocycles. The van der Waals surface area contributed by atoms with E-state index in [0.29, 0.717) is 0 Å². The quantitative estimate of drug-likeness (QED) is 0.706. The molecular formula is C8H12F3N3S. The second kappa shape index (κ2) is 3.70. The molecule has 0 aliphatic heterocycles. The molecule has 0 unspecified atom stereocenters. The Labute approximate surface area is 90.1 Å². The predicted octanol–water partition coefficient (Wildman–Crippen LogP) is 2.77. The number of halogens is 3. The van der Waals surface area contributed by atoms with Gasteiger partial charge >= 0.3 is 6.18 Å². The highest BCUT2D eigenvalue weighted by Crippen LogP contribution is 2.33. The minimum Gasteiger partial charge on any atom is -0.293 e. The van der Waals surface area contributed by atoms with Gasteiger partial charge in [-0.25, -0.2) is 0 Å². The number of rotatable bonds is 1. The lowest BCUT2D eigenvalue weighted by Crippen LogP contribution is -2.28. The van der Waals surface area contributed by atoms with E-state index in [0.717, 1.165) is 16.3 Å². The van der Waals surface area contributed by atoms with Crippen LogP contribution in [0.2, 0.25) is 0 Å². The van der Waals surface area contributed by atoms with Gasteiger partial charge in [-0.1, -0.05) is 11.8 Å². The Morgan fingerprint density at radius 1 is 1.13 bits per heavy atom. The van der Waals surface area contributed by atoms with Gasteiger partial charge in [-0.15, -0.1) is 10.2 Å². The van der Waals surface area contributed by atoms with Gasteiger partial charge < -0.3 is 0 Å². The predicted molar refractivity (Wildman–Crippen MR) is 51.8 cm³/mol. The van der Waals surface area contributed by atoms with E-state index in [-0.39, 0.29) is 5.16 Å². The first-order valence-corrected chi connectivity index (χ1v) is 5.47. The van der Waals surface area contributed by atoms with Crippen molar-refractivity contribution >= 4 is 11.8 Å². The van der Waals surface area contributed by atoms with Crippen molar-refractivity contribution in [3.8, 4) is 0 Å².